The Morgan fingerprint density at radius 2 is 1.62 bits per heavy atom. The summed E-state index contributed by atoms with van der Waals surface area (Å²) < 4.78 is 30.9. The summed E-state index contributed by atoms with van der Waals surface area (Å²) in [6.45, 7) is 2.05. The van der Waals surface area contributed by atoms with E-state index in [1.807, 2.05) is 30.3 Å². The van der Waals surface area contributed by atoms with Crippen LogP contribution in [0.15, 0.2) is 99.3 Å². The number of carbonyl (C=O) groups excluding carboxylic acids is 1. The molecule has 8 heteroatoms. The number of anilines is 1. The fourth-order valence-electron chi connectivity index (χ4n) is 3.09. The van der Waals surface area contributed by atoms with Gasteiger partial charge in [-0.05, 0) is 48.4 Å². The normalized spacial score (nSPS) is 12.0. The Morgan fingerprint density at radius 1 is 0.938 bits per heavy atom. The molecule has 32 heavy (non-hydrogen) atoms. The highest BCUT2D eigenvalue weighted by molar-refractivity contribution is 7.89. The minimum atomic E-state index is -3.93. The molecule has 0 bridgehead atoms. The molecule has 7 nitrogen and oxygen atoms in total. The first kappa shape index (κ1) is 21.3. The lowest BCUT2D eigenvalue weighted by atomic mass is 10.1. The van der Waals surface area contributed by atoms with Gasteiger partial charge >= 0.3 is 0 Å². The number of rotatable bonds is 6. The van der Waals surface area contributed by atoms with Crippen molar-refractivity contribution >= 4 is 32.6 Å². The van der Waals surface area contributed by atoms with Gasteiger partial charge in [0, 0.05) is 11.1 Å². The molecule has 0 aliphatic carbocycles. The van der Waals surface area contributed by atoms with Crippen LogP contribution in [0.3, 0.4) is 0 Å². The molecule has 0 aliphatic rings. The Balaban J connectivity index is 1.73. The third-order valence-corrected chi connectivity index (χ3v) is 6.07. The Kier molecular flexibility index (Phi) is 6.04. The van der Waals surface area contributed by atoms with Crippen molar-refractivity contribution in [2.45, 2.75) is 18.2 Å². The van der Waals surface area contributed by atoms with Gasteiger partial charge in [-0.2, -0.15) is 13.2 Å². The molecule has 4 aromatic rings. The van der Waals surface area contributed by atoms with Gasteiger partial charge in [0.1, 0.15) is 11.1 Å². The number of fused-ring (bicyclic) bond motifs is 1. The minimum Gasteiger partial charge on any atom is -0.436 e. The number of hydrogen-bond acceptors (Lipinski definition) is 5. The highest BCUT2D eigenvalue weighted by atomic mass is 32.2. The molecule has 1 aromatic heterocycles. The molecule has 1 heterocycles. The molecular weight excluding hydrogens is 426 g/mol. The van der Waals surface area contributed by atoms with Gasteiger partial charge in [-0.15, -0.1) is 5.10 Å². The van der Waals surface area contributed by atoms with Crippen molar-refractivity contribution < 1.29 is 17.6 Å². The second kappa shape index (κ2) is 9.07. The van der Waals surface area contributed by atoms with E-state index in [2.05, 4.69) is 22.2 Å². The fraction of sp³-hybridized carbons (Fsp3) is 0.0833. The zero-order chi connectivity index (χ0) is 22.6. The van der Waals surface area contributed by atoms with Crippen LogP contribution in [0.2, 0.25) is 0 Å². The predicted molar refractivity (Wildman–Crippen MR) is 122 cm³/mol. The number of aryl methyl sites for hydroxylation is 1. The lowest BCUT2D eigenvalue weighted by Crippen LogP contribution is -2.27. The SMILES string of the molecule is CCc1ccc(NC(=O)c2cc3ccccc3o/c2=N/NS(=O)(=O)c2ccccc2)cc1. The molecule has 0 unspecified atom stereocenters. The van der Waals surface area contributed by atoms with E-state index in [0.29, 0.717) is 16.7 Å². The van der Waals surface area contributed by atoms with E-state index in [9.17, 15) is 13.2 Å². The van der Waals surface area contributed by atoms with Gasteiger partial charge in [0.2, 0.25) is 5.55 Å². The van der Waals surface area contributed by atoms with Crippen LogP contribution < -0.4 is 15.7 Å². The molecule has 0 radical (unpaired) electrons. The van der Waals surface area contributed by atoms with Crippen molar-refractivity contribution in [3.8, 4) is 0 Å². The second-order valence-corrected chi connectivity index (χ2v) is 8.69. The average molecular weight is 448 g/mol. The van der Waals surface area contributed by atoms with Crippen molar-refractivity contribution in [1.29, 1.82) is 0 Å². The topological polar surface area (TPSA) is 101 Å². The number of hydrogen-bond donors (Lipinski definition) is 2. The molecule has 162 valence electrons. The van der Waals surface area contributed by atoms with Crippen molar-refractivity contribution in [1.82, 2.24) is 4.83 Å². The van der Waals surface area contributed by atoms with Gasteiger partial charge in [-0.3, -0.25) is 4.79 Å². The Bertz CT molecular complexity index is 1430. The summed E-state index contributed by atoms with van der Waals surface area (Å²) in [7, 11) is -3.93. The van der Waals surface area contributed by atoms with E-state index < -0.39 is 15.9 Å². The zero-order valence-corrected chi connectivity index (χ0v) is 18.1. The van der Waals surface area contributed by atoms with Gasteiger partial charge in [0.05, 0.1) is 4.90 Å². The lowest BCUT2D eigenvalue weighted by molar-refractivity contribution is 0.102. The Labute approximate surface area is 185 Å². The largest absolute Gasteiger partial charge is 0.436 e. The first-order chi connectivity index (χ1) is 15.5. The molecular formula is C24H21N3O4S. The van der Waals surface area contributed by atoms with Crippen LogP contribution in [0.4, 0.5) is 5.69 Å². The monoisotopic (exact) mass is 447 g/mol. The Morgan fingerprint density at radius 3 is 2.34 bits per heavy atom. The summed E-state index contributed by atoms with van der Waals surface area (Å²) >= 11 is 0. The lowest BCUT2D eigenvalue weighted by Gasteiger charge is -2.08. The number of sulfonamides is 1. The molecule has 0 spiro atoms. The zero-order valence-electron chi connectivity index (χ0n) is 17.3. The van der Waals surface area contributed by atoms with Gasteiger partial charge in [0.15, 0.2) is 0 Å². The maximum Gasteiger partial charge on any atom is 0.276 e. The summed E-state index contributed by atoms with van der Waals surface area (Å²) in [6, 6.07) is 24.0. The summed E-state index contributed by atoms with van der Waals surface area (Å²) in [6.07, 6.45) is 0.891. The van der Waals surface area contributed by atoms with Crippen molar-refractivity contribution in [3.05, 3.63) is 102 Å². The predicted octanol–water partition coefficient (Wildman–Crippen LogP) is 4.04. The smallest absolute Gasteiger partial charge is 0.276 e. The van der Waals surface area contributed by atoms with Gasteiger partial charge in [-0.25, -0.2) is 0 Å². The highest BCUT2D eigenvalue weighted by Gasteiger charge is 2.16. The molecule has 2 N–H and O–H groups in total. The van der Waals surface area contributed by atoms with Crippen molar-refractivity contribution in [2.24, 2.45) is 5.10 Å². The number of nitrogens with one attached hydrogen (secondary N) is 2. The highest BCUT2D eigenvalue weighted by Crippen LogP contribution is 2.15. The van der Waals surface area contributed by atoms with E-state index in [1.165, 1.54) is 12.1 Å². The summed E-state index contributed by atoms with van der Waals surface area (Å²) in [5.74, 6) is -0.471. The maximum atomic E-state index is 13.0. The van der Waals surface area contributed by atoms with E-state index in [4.69, 9.17) is 4.42 Å². The molecule has 0 saturated heterocycles. The third-order valence-electron chi connectivity index (χ3n) is 4.84. The average Bonchev–Trinajstić information content (AvgIpc) is 2.83. The van der Waals surface area contributed by atoms with E-state index >= 15 is 0 Å². The van der Waals surface area contributed by atoms with Crippen LogP contribution in [-0.2, 0) is 16.4 Å². The van der Waals surface area contributed by atoms with E-state index in [1.54, 1.807) is 42.5 Å². The van der Waals surface area contributed by atoms with Gasteiger partial charge in [-0.1, -0.05) is 55.5 Å². The molecule has 0 saturated carbocycles. The fourth-order valence-corrected chi connectivity index (χ4v) is 3.91. The van der Waals surface area contributed by atoms with Crippen LogP contribution in [0.5, 0.6) is 0 Å². The molecule has 4 rings (SSSR count). The number of para-hydroxylation sites is 1. The first-order valence-electron chi connectivity index (χ1n) is 10.00. The van der Waals surface area contributed by atoms with Crippen molar-refractivity contribution in [2.75, 3.05) is 5.32 Å². The summed E-state index contributed by atoms with van der Waals surface area (Å²) in [4.78, 5) is 15.2. The summed E-state index contributed by atoms with van der Waals surface area (Å²) in [5, 5.41) is 7.42. The number of nitrogens with zero attached hydrogens (tertiary/aromatic N) is 1. The van der Waals surface area contributed by atoms with Crippen LogP contribution in [0.1, 0.15) is 22.8 Å². The van der Waals surface area contributed by atoms with Gasteiger partial charge < -0.3 is 9.73 Å². The number of benzene rings is 3. The third kappa shape index (κ3) is 4.70. The summed E-state index contributed by atoms with van der Waals surface area (Å²) in [5.41, 5.74) is 2.17. The molecule has 0 fully saturated rings. The quantitative estimate of drug-likeness (QED) is 0.436. The molecule has 0 atom stereocenters. The van der Waals surface area contributed by atoms with Crippen LogP contribution in [0.25, 0.3) is 11.0 Å². The number of amides is 1. The molecule has 1 amide bonds. The first-order valence-corrected chi connectivity index (χ1v) is 11.5. The van der Waals surface area contributed by atoms with Crippen LogP contribution in [-0.4, -0.2) is 14.3 Å². The molecule has 3 aromatic carbocycles. The van der Waals surface area contributed by atoms with E-state index in [0.717, 1.165) is 12.0 Å². The number of carbonyl (C=O) groups is 1. The van der Waals surface area contributed by atoms with E-state index in [-0.39, 0.29) is 16.0 Å². The molecule has 0 aliphatic heterocycles. The van der Waals surface area contributed by atoms with Crippen molar-refractivity contribution in [3.63, 3.8) is 0 Å². The standard InChI is InChI=1S/C24H21N3O4S/c1-2-17-12-14-19(15-13-17)25-23(28)21-16-18-8-6-7-11-22(18)31-24(21)26-27-32(29,30)20-9-4-3-5-10-20/h3-16,27H,2H2,1H3,(H,25,28)/b26-24+. The van der Waals surface area contributed by atoms with Gasteiger partial charge in [0.25, 0.3) is 15.9 Å². The second-order valence-electron chi connectivity index (χ2n) is 7.03. The van der Waals surface area contributed by atoms with Crippen LogP contribution >= 0.6 is 0 Å². The maximum absolute atomic E-state index is 13.0. The Hall–Kier alpha value is -3.91. The van der Waals surface area contributed by atoms with Crippen LogP contribution in [0, 0.1) is 0 Å². The minimum absolute atomic E-state index is 0.0477.